The molecule has 0 aliphatic carbocycles. The number of aromatic nitrogens is 4. The van der Waals surface area contributed by atoms with Gasteiger partial charge in [-0.05, 0) is 50.5 Å². The van der Waals surface area contributed by atoms with Crippen LogP contribution < -0.4 is 14.8 Å². The maximum Gasteiger partial charge on any atom is 0.453 e. The van der Waals surface area contributed by atoms with Gasteiger partial charge in [-0.2, -0.15) is 18.2 Å². The van der Waals surface area contributed by atoms with Crippen molar-refractivity contribution in [3.05, 3.63) is 46.5 Å². The third kappa shape index (κ3) is 6.18. The predicted octanol–water partition coefficient (Wildman–Crippen LogP) is 3.60. The van der Waals surface area contributed by atoms with Crippen LogP contribution in [0.25, 0.3) is 5.78 Å². The molecule has 12 heteroatoms. The highest BCUT2D eigenvalue weighted by atomic mass is 19.4. The van der Waals surface area contributed by atoms with E-state index in [9.17, 15) is 18.0 Å². The fourth-order valence-corrected chi connectivity index (χ4v) is 3.63. The van der Waals surface area contributed by atoms with Crippen molar-refractivity contribution >= 4 is 11.7 Å². The quantitative estimate of drug-likeness (QED) is 0.429. The zero-order valence-corrected chi connectivity index (χ0v) is 20.2. The van der Waals surface area contributed by atoms with E-state index in [1.807, 2.05) is 13.0 Å². The number of methoxy groups -OCH3 is 2. The van der Waals surface area contributed by atoms with Crippen molar-refractivity contribution in [1.82, 2.24) is 24.9 Å². The van der Waals surface area contributed by atoms with E-state index in [0.29, 0.717) is 41.7 Å². The first-order chi connectivity index (χ1) is 16.5. The Balaban J connectivity index is 1.67. The third-order valence-corrected chi connectivity index (χ3v) is 5.51. The van der Waals surface area contributed by atoms with Crippen molar-refractivity contribution in [1.29, 1.82) is 0 Å². The largest absolute Gasteiger partial charge is 0.493 e. The normalized spacial score (nSPS) is 12.6. The summed E-state index contributed by atoms with van der Waals surface area (Å²) in [5.74, 6) is -0.483. The van der Waals surface area contributed by atoms with Crippen LogP contribution in [0.2, 0.25) is 0 Å². The standard InChI is InChI=1S/C23H28F3N5O4/c1-13(16-6-8-18(19(12-16)34-5)35-11-10-33-4)27-20(32)9-7-17-14(2)28-22-29-21(23(24,25)26)30-31(22)15(17)3/h6,8,12-13H,7,9-11H2,1-5H3,(H,27,32). The SMILES string of the molecule is COCCOc1ccc(C(C)NC(=O)CCc2c(C)nc3nc(C(F)(F)F)nn3c2C)cc1OC. The average molecular weight is 496 g/mol. The van der Waals surface area contributed by atoms with Gasteiger partial charge in [-0.3, -0.25) is 4.79 Å². The van der Waals surface area contributed by atoms with Crippen LogP contribution in [0.15, 0.2) is 18.2 Å². The number of alkyl halides is 3. The Morgan fingerprint density at radius 1 is 1.14 bits per heavy atom. The van der Waals surface area contributed by atoms with Crippen molar-refractivity contribution < 1.29 is 32.2 Å². The fraction of sp³-hybridized carbons (Fsp3) is 0.478. The van der Waals surface area contributed by atoms with Crippen molar-refractivity contribution in [3.8, 4) is 11.5 Å². The third-order valence-electron chi connectivity index (χ3n) is 5.51. The van der Waals surface area contributed by atoms with Crippen LogP contribution >= 0.6 is 0 Å². The van der Waals surface area contributed by atoms with Gasteiger partial charge in [0.2, 0.25) is 5.91 Å². The van der Waals surface area contributed by atoms with E-state index >= 15 is 0 Å². The summed E-state index contributed by atoms with van der Waals surface area (Å²) in [5.41, 5.74) is 2.45. The van der Waals surface area contributed by atoms with Gasteiger partial charge in [0.25, 0.3) is 11.6 Å². The van der Waals surface area contributed by atoms with Gasteiger partial charge in [-0.25, -0.2) is 9.50 Å². The zero-order valence-electron chi connectivity index (χ0n) is 20.2. The second-order valence-corrected chi connectivity index (χ2v) is 7.95. The summed E-state index contributed by atoms with van der Waals surface area (Å²) in [4.78, 5) is 20.2. The minimum absolute atomic E-state index is 0.120. The molecule has 0 saturated carbocycles. The van der Waals surface area contributed by atoms with Gasteiger partial charge in [0.1, 0.15) is 6.61 Å². The van der Waals surface area contributed by atoms with E-state index in [1.54, 1.807) is 33.1 Å². The van der Waals surface area contributed by atoms with Gasteiger partial charge in [-0.15, -0.1) is 5.10 Å². The Labute approximate surface area is 200 Å². The first-order valence-corrected chi connectivity index (χ1v) is 10.9. The van der Waals surface area contributed by atoms with Crippen LogP contribution in [0.4, 0.5) is 13.2 Å². The van der Waals surface area contributed by atoms with Crippen molar-refractivity contribution in [2.75, 3.05) is 27.4 Å². The molecule has 0 aliphatic heterocycles. The van der Waals surface area contributed by atoms with Gasteiger partial charge >= 0.3 is 6.18 Å². The molecule has 0 aliphatic rings. The number of halogens is 3. The van der Waals surface area contributed by atoms with E-state index in [1.165, 1.54) is 7.11 Å². The number of hydrogen-bond donors (Lipinski definition) is 1. The van der Waals surface area contributed by atoms with Gasteiger partial charge < -0.3 is 19.5 Å². The lowest BCUT2D eigenvalue weighted by atomic mass is 10.0. The lowest BCUT2D eigenvalue weighted by molar-refractivity contribution is -0.144. The number of amides is 1. The molecule has 3 aromatic rings. The second-order valence-electron chi connectivity index (χ2n) is 7.95. The summed E-state index contributed by atoms with van der Waals surface area (Å²) in [6.07, 6.45) is -4.26. The van der Waals surface area contributed by atoms with E-state index in [0.717, 1.165) is 10.1 Å². The van der Waals surface area contributed by atoms with Crippen LogP contribution in [0, 0.1) is 13.8 Å². The Bertz CT molecular complexity index is 1200. The first kappa shape index (κ1) is 26.2. The Hall–Kier alpha value is -3.41. The monoisotopic (exact) mass is 495 g/mol. The number of ether oxygens (including phenoxy) is 3. The summed E-state index contributed by atoms with van der Waals surface area (Å²) >= 11 is 0. The number of nitrogens with one attached hydrogen (secondary N) is 1. The summed E-state index contributed by atoms with van der Waals surface area (Å²) in [5, 5.41) is 6.47. The Morgan fingerprint density at radius 3 is 2.54 bits per heavy atom. The molecule has 0 bridgehead atoms. The number of aryl methyl sites for hydroxylation is 2. The highest BCUT2D eigenvalue weighted by molar-refractivity contribution is 5.76. The second kappa shape index (κ2) is 10.9. The number of rotatable bonds is 10. The number of nitrogens with zero attached hydrogens (tertiary/aromatic N) is 4. The highest BCUT2D eigenvalue weighted by Gasteiger charge is 2.37. The lowest BCUT2D eigenvalue weighted by Gasteiger charge is -2.17. The van der Waals surface area contributed by atoms with Crippen LogP contribution in [0.3, 0.4) is 0 Å². The minimum atomic E-state index is -4.67. The van der Waals surface area contributed by atoms with E-state index in [2.05, 4.69) is 20.4 Å². The molecule has 1 atom stereocenters. The van der Waals surface area contributed by atoms with Crippen molar-refractivity contribution in [2.45, 2.75) is 45.8 Å². The first-order valence-electron chi connectivity index (χ1n) is 10.9. The van der Waals surface area contributed by atoms with E-state index in [4.69, 9.17) is 14.2 Å². The number of carbonyl (C=O) groups is 1. The molecule has 1 unspecified atom stereocenters. The Morgan fingerprint density at radius 2 is 1.89 bits per heavy atom. The zero-order chi connectivity index (χ0) is 25.8. The van der Waals surface area contributed by atoms with Gasteiger partial charge in [0.05, 0.1) is 19.8 Å². The predicted molar refractivity (Wildman–Crippen MR) is 121 cm³/mol. The molecule has 1 aromatic carbocycles. The van der Waals surface area contributed by atoms with E-state index < -0.39 is 12.0 Å². The Kier molecular flexibility index (Phi) is 8.15. The molecule has 0 saturated heterocycles. The number of hydrogen-bond acceptors (Lipinski definition) is 7. The summed E-state index contributed by atoms with van der Waals surface area (Å²) in [7, 11) is 3.12. The van der Waals surface area contributed by atoms with Crippen LogP contribution in [0.1, 0.15) is 47.7 Å². The number of carbonyl (C=O) groups excluding carboxylic acids is 1. The molecule has 0 radical (unpaired) electrons. The topological polar surface area (TPSA) is 99.9 Å². The van der Waals surface area contributed by atoms with Crippen LogP contribution in [-0.4, -0.2) is 52.9 Å². The number of benzene rings is 1. The maximum absolute atomic E-state index is 13.0. The molecular weight excluding hydrogens is 467 g/mol. The molecule has 0 fully saturated rings. The number of fused-ring (bicyclic) bond motifs is 1. The van der Waals surface area contributed by atoms with Crippen LogP contribution in [-0.2, 0) is 22.1 Å². The minimum Gasteiger partial charge on any atom is -0.493 e. The maximum atomic E-state index is 13.0. The van der Waals surface area contributed by atoms with Crippen molar-refractivity contribution in [2.24, 2.45) is 0 Å². The van der Waals surface area contributed by atoms with Crippen molar-refractivity contribution in [3.63, 3.8) is 0 Å². The smallest absolute Gasteiger partial charge is 0.453 e. The average Bonchev–Trinajstić information content (AvgIpc) is 3.24. The summed E-state index contributed by atoms with van der Waals surface area (Å²) in [6.45, 7) is 5.97. The van der Waals surface area contributed by atoms with Crippen LogP contribution in [0.5, 0.6) is 11.5 Å². The highest BCUT2D eigenvalue weighted by Crippen LogP contribution is 2.30. The molecule has 2 aromatic heterocycles. The fourth-order valence-electron chi connectivity index (χ4n) is 3.63. The summed E-state index contributed by atoms with van der Waals surface area (Å²) in [6, 6.07) is 5.09. The molecule has 1 N–H and O–H groups in total. The molecule has 3 rings (SSSR count). The molecule has 190 valence electrons. The van der Waals surface area contributed by atoms with Gasteiger partial charge in [0, 0.05) is 24.9 Å². The summed E-state index contributed by atoms with van der Waals surface area (Å²) < 4.78 is 56.0. The van der Waals surface area contributed by atoms with E-state index in [-0.39, 0.29) is 30.6 Å². The molecule has 2 heterocycles. The van der Waals surface area contributed by atoms with Gasteiger partial charge in [-0.1, -0.05) is 6.07 Å². The molecule has 1 amide bonds. The molecule has 35 heavy (non-hydrogen) atoms. The van der Waals surface area contributed by atoms with Gasteiger partial charge in [0.15, 0.2) is 11.5 Å². The molecular formula is C23H28F3N5O4. The molecule has 9 nitrogen and oxygen atoms in total. The molecule has 0 spiro atoms. The lowest BCUT2D eigenvalue weighted by Crippen LogP contribution is -2.27.